The Labute approximate surface area is 183 Å². The summed E-state index contributed by atoms with van der Waals surface area (Å²) in [6.07, 6.45) is 0.0850. The van der Waals surface area contributed by atoms with Crippen LogP contribution in [0.5, 0.6) is 0 Å². The fourth-order valence-corrected chi connectivity index (χ4v) is 3.85. The normalized spacial score (nSPS) is 13.8. The van der Waals surface area contributed by atoms with Crippen molar-refractivity contribution >= 4 is 12.1 Å². The van der Waals surface area contributed by atoms with Crippen LogP contribution in [0.1, 0.15) is 50.7 Å². The first-order valence-electron chi connectivity index (χ1n) is 10.7. The van der Waals surface area contributed by atoms with Gasteiger partial charge in [-0.2, -0.15) is 0 Å². The molecule has 1 atom stereocenters. The van der Waals surface area contributed by atoms with E-state index in [-0.39, 0.29) is 44.0 Å². The number of aliphatic hydroxyl groups excluding tert-OH is 1. The number of amides is 1. The van der Waals surface area contributed by atoms with Gasteiger partial charge in [0.25, 0.3) is 0 Å². The van der Waals surface area contributed by atoms with E-state index in [1.807, 2.05) is 45.0 Å². The van der Waals surface area contributed by atoms with Crippen LogP contribution >= 0.6 is 0 Å². The summed E-state index contributed by atoms with van der Waals surface area (Å²) in [4.78, 5) is 24.1. The number of rotatable bonds is 8. The molecule has 1 amide bonds. The van der Waals surface area contributed by atoms with Gasteiger partial charge in [-0.05, 0) is 49.4 Å². The van der Waals surface area contributed by atoms with Crippen LogP contribution in [0.2, 0.25) is 0 Å². The quantitative estimate of drug-likeness (QED) is 0.618. The fourth-order valence-electron chi connectivity index (χ4n) is 3.85. The third-order valence-electron chi connectivity index (χ3n) is 5.31. The third-order valence-corrected chi connectivity index (χ3v) is 5.31. The van der Waals surface area contributed by atoms with Gasteiger partial charge < -0.3 is 19.9 Å². The van der Waals surface area contributed by atoms with Gasteiger partial charge in [-0.3, -0.25) is 4.79 Å². The molecule has 31 heavy (non-hydrogen) atoms. The SMILES string of the molecule is CC(C)(C)OC(=O)CC[C@H](CO)CNC(=O)OCC1c2ccccc2-c2ccccc21. The summed E-state index contributed by atoms with van der Waals surface area (Å²) in [5.41, 5.74) is 4.12. The van der Waals surface area contributed by atoms with Crippen molar-refractivity contribution in [3.05, 3.63) is 59.7 Å². The van der Waals surface area contributed by atoms with Gasteiger partial charge in [-0.1, -0.05) is 48.5 Å². The largest absolute Gasteiger partial charge is 0.460 e. The Morgan fingerprint density at radius 2 is 1.61 bits per heavy atom. The zero-order valence-corrected chi connectivity index (χ0v) is 18.4. The molecule has 0 saturated carbocycles. The molecule has 0 radical (unpaired) electrons. The lowest BCUT2D eigenvalue weighted by Gasteiger charge is -2.21. The fraction of sp³-hybridized carbons (Fsp3) is 0.440. The van der Waals surface area contributed by atoms with Gasteiger partial charge in [0.1, 0.15) is 12.2 Å². The molecular weight excluding hydrogens is 394 g/mol. The van der Waals surface area contributed by atoms with Crippen LogP contribution < -0.4 is 5.32 Å². The van der Waals surface area contributed by atoms with Crippen molar-refractivity contribution in [3.63, 3.8) is 0 Å². The highest BCUT2D eigenvalue weighted by Gasteiger charge is 2.29. The summed E-state index contributed by atoms with van der Waals surface area (Å²) in [6.45, 7) is 5.78. The van der Waals surface area contributed by atoms with E-state index in [0.29, 0.717) is 6.42 Å². The second-order valence-corrected chi connectivity index (χ2v) is 8.88. The molecule has 0 aliphatic heterocycles. The minimum Gasteiger partial charge on any atom is -0.460 e. The highest BCUT2D eigenvalue weighted by atomic mass is 16.6. The zero-order chi connectivity index (χ0) is 22.4. The van der Waals surface area contributed by atoms with Crippen LogP contribution in [0, 0.1) is 5.92 Å². The number of hydrogen-bond donors (Lipinski definition) is 2. The first kappa shape index (κ1) is 22.8. The highest BCUT2D eigenvalue weighted by Crippen LogP contribution is 2.44. The lowest BCUT2D eigenvalue weighted by atomic mass is 9.98. The van der Waals surface area contributed by atoms with E-state index in [1.54, 1.807) is 0 Å². The Kier molecular flexibility index (Phi) is 7.33. The van der Waals surface area contributed by atoms with Crippen LogP contribution in [0.25, 0.3) is 11.1 Å². The summed E-state index contributed by atoms with van der Waals surface area (Å²) >= 11 is 0. The second kappa shape index (κ2) is 9.96. The maximum atomic E-state index is 12.3. The number of benzene rings is 2. The van der Waals surface area contributed by atoms with Gasteiger partial charge in [-0.15, -0.1) is 0 Å². The van der Waals surface area contributed by atoms with Crippen LogP contribution in [0.4, 0.5) is 4.79 Å². The Morgan fingerprint density at radius 3 is 2.16 bits per heavy atom. The number of esters is 1. The van der Waals surface area contributed by atoms with Gasteiger partial charge in [-0.25, -0.2) is 4.79 Å². The molecule has 0 fully saturated rings. The summed E-state index contributed by atoms with van der Waals surface area (Å²) in [7, 11) is 0. The summed E-state index contributed by atoms with van der Waals surface area (Å²) in [6, 6.07) is 16.3. The number of fused-ring (bicyclic) bond motifs is 3. The average Bonchev–Trinajstić information content (AvgIpc) is 3.05. The summed E-state index contributed by atoms with van der Waals surface area (Å²) < 4.78 is 10.8. The number of hydrogen-bond acceptors (Lipinski definition) is 5. The van der Waals surface area contributed by atoms with E-state index in [0.717, 1.165) is 11.1 Å². The van der Waals surface area contributed by atoms with Gasteiger partial charge in [0.15, 0.2) is 0 Å². The maximum absolute atomic E-state index is 12.3. The standard InChI is InChI=1S/C25H31NO5/c1-25(2,3)31-23(28)13-12-17(15-27)14-26-24(29)30-16-22-20-10-6-4-8-18(20)19-9-5-7-11-21(19)22/h4-11,17,22,27H,12-16H2,1-3H3,(H,26,29)/t17-/m0/s1. The molecule has 2 aromatic rings. The van der Waals surface area contributed by atoms with Crippen LogP contribution in [-0.4, -0.2) is 42.5 Å². The number of aliphatic hydroxyl groups is 1. The third kappa shape index (κ3) is 6.07. The second-order valence-electron chi connectivity index (χ2n) is 8.88. The van der Waals surface area contributed by atoms with E-state index in [4.69, 9.17) is 9.47 Å². The molecule has 0 heterocycles. The van der Waals surface area contributed by atoms with Gasteiger partial charge in [0.2, 0.25) is 0 Å². The number of ether oxygens (including phenoxy) is 2. The van der Waals surface area contributed by atoms with Crippen molar-refractivity contribution in [1.29, 1.82) is 0 Å². The molecule has 1 aliphatic rings. The molecule has 0 aromatic heterocycles. The van der Waals surface area contributed by atoms with E-state index in [9.17, 15) is 14.7 Å². The van der Waals surface area contributed by atoms with E-state index < -0.39 is 11.7 Å². The number of alkyl carbamates (subject to hydrolysis) is 1. The maximum Gasteiger partial charge on any atom is 0.407 e. The van der Waals surface area contributed by atoms with E-state index in [2.05, 4.69) is 29.6 Å². The smallest absolute Gasteiger partial charge is 0.407 e. The van der Waals surface area contributed by atoms with Crippen molar-refractivity contribution in [1.82, 2.24) is 5.32 Å². The summed E-state index contributed by atoms with van der Waals surface area (Å²) in [5, 5.41) is 12.3. The molecule has 2 N–H and O–H groups in total. The molecule has 0 saturated heterocycles. The van der Waals surface area contributed by atoms with Crippen LogP contribution in [0.15, 0.2) is 48.5 Å². The molecule has 0 spiro atoms. The van der Waals surface area contributed by atoms with Gasteiger partial charge in [0.05, 0.1) is 0 Å². The molecule has 6 heteroatoms. The van der Waals surface area contributed by atoms with Gasteiger partial charge in [0, 0.05) is 31.4 Å². The molecule has 2 aromatic carbocycles. The van der Waals surface area contributed by atoms with E-state index >= 15 is 0 Å². The molecule has 166 valence electrons. The van der Waals surface area contributed by atoms with Crippen LogP contribution in [0.3, 0.4) is 0 Å². The minimum absolute atomic E-state index is 0.000966. The van der Waals surface area contributed by atoms with Gasteiger partial charge >= 0.3 is 12.1 Å². The minimum atomic E-state index is -0.536. The first-order valence-corrected chi connectivity index (χ1v) is 10.7. The molecule has 3 rings (SSSR count). The van der Waals surface area contributed by atoms with Crippen molar-refractivity contribution in [2.24, 2.45) is 5.92 Å². The molecular formula is C25H31NO5. The predicted molar refractivity (Wildman–Crippen MR) is 119 cm³/mol. The molecule has 6 nitrogen and oxygen atoms in total. The lowest BCUT2D eigenvalue weighted by Crippen LogP contribution is -2.32. The van der Waals surface area contributed by atoms with Crippen molar-refractivity contribution < 1.29 is 24.2 Å². The predicted octanol–water partition coefficient (Wildman–Crippen LogP) is 4.26. The Morgan fingerprint density at radius 1 is 1.03 bits per heavy atom. The Hall–Kier alpha value is -2.86. The highest BCUT2D eigenvalue weighted by molar-refractivity contribution is 5.79. The number of carbonyl (C=O) groups excluding carboxylic acids is 2. The Bertz CT molecular complexity index is 873. The first-order chi connectivity index (χ1) is 14.8. The number of carbonyl (C=O) groups is 2. The van der Waals surface area contributed by atoms with Crippen molar-refractivity contribution in [2.45, 2.75) is 45.1 Å². The topological polar surface area (TPSA) is 84.9 Å². The number of nitrogens with one attached hydrogen (secondary N) is 1. The van der Waals surface area contributed by atoms with E-state index in [1.165, 1.54) is 11.1 Å². The molecule has 0 bridgehead atoms. The van der Waals surface area contributed by atoms with Crippen molar-refractivity contribution in [2.75, 3.05) is 19.8 Å². The van der Waals surface area contributed by atoms with Crippen molar-refractivity contribution in [3.8, 4) is 11.1 Å². The average molecular weight is 426 g/mol. The zero-order valence-electron chi connectivity index (χ0n) is 18.4. The van der Waals surface area contributed by atoms with Crippen LogP contribution in [-0.2, 0) is 14.3 Å². The Balaban J connectivity index is 1.48. The monoisotopic (exact) mass is 425 g/mol. The lowest BCUT2D eigenvalue weighted by molar-refractivity contribution is -0.155. The summed E-state index contributed by atoms with van der Waals surface area (Å²) in [5.74, 6) is -0.556. The molecule has 1 aliphatic carbocycles. The molecule has 0 unspecified atom stereocenters.